The lowest BCUT2D eigenvalue weighted by atomic mass is 10.2. The number of benzene rings is 2. The van der Waals surface area contributed by atoms with Crippen LogP contribution in [-0.4, -0.2) is 48.3 Å². The first-order chi connectivity index (χ1) is 12.1. The van der Waals surface area contributed by atoms with Crippen LogP contribution in [0, 0.1) is 0 Å². The fraction of sp³-hybridized carbons (Fsp3) is 0.316. The van der Waals surface area contributed by atoms with Crippen LogP contribution < -0.4 is 5.32 Å². The van der Waals surface area contributed by atoms with Gasteiger partial charge in [0.05, 0.1) is 0 Å². The van der Waals surface area contributed by atoms with Gasteiger partial charge in [-0.3, -0.25) is 4.90 Å². The third-order valence-corrected chi connectivity index (χ3v) is 5.24. The number of nitrogens with zero attached hydrogens (tertiary/aromatic N) is 2. The Bertz CT molecular complexity index is 732. The van der Waals surface area contributed by atoms with Crippen molar-refractivity contribution in [3.8, 4) is 0 Å². The van der Waals surface area contributed by atoms with Gasteiger partial charge in [0.1, 0.15) is 0 Å². The highest BCUT2D eigenvalue weighted by atomic mass is 35.5. The van der Waals surface area contributed by atoms with E-state index < -0.39 is 0 Å². The zero-order chi connectivity index (χ0) is 17.6. The van der Waals surface area contributed by atoms with E-state index in [9.17, 15) is 4.79 Å². The van der Waals surface area contributed by atoms with Crippen LogP contribution in [0.5, 0.6) is 0 Å². The number of thioether (sulfide) groups is 1. The molecule has 1 heterocycles. The van der Waals surface area contributed by atoms with E-state index >= 15 is 0 Å². The summed E-state index contributed by atoms with van der Waals surface area (Å²) in [6, 6.07) is 15.8. The molecule has 1 fully saturated rings. The molecule has 2 aromatic carbocycles. The number of amides is 2. The third kappa shape index (κ3) is 5.14. The number of halogens is 1. The van der Waals surface area contributed by atoms with Gasteiger partial charge in [0.25, 0.3) is 0 Å². The molecule has 132 valence electrons. The van der Waals surface area contributed by atoms with Crippen LogP contribution in [-0.2, 0) is 6.54 Å². The molecule has 0 bridgehead atoms. The van der Waals surface area contributed by atoms with Gasteiger partial charge in [-0.2, -0.15) is 0 Å². The number of anilines is 1. The second kappa shape index (κ2) is 8.61. The highest BCUT2D eigenvalue weighted by Crippen LogP contribution is 2.19. The maximum Gasteiger partial charge on any atom is 0.321 e. The summed E-state index contributed by atoms with van der Waals surface area (Å²) >= 11 is 7.71. The second-order valence-corrected chi connectivity index (χ2v) is 7.37. The fourth-order valence-corrected chi connectivity index (χ4v) is 3.58. The van der Waals surface area contributed by atoms with Crippen LogP contribution in [0.15, 0.2) is 53.4 Å². The number of rotatable bonds is 4. The highest BCUT2D eigenvalue weighted by molar-refractivity contribution is 7.98. The molecule has 2 amide bonds. The normalized spacial score (nSPS) is 15.2. The van der Waals surface area contributed by atoms with Crippen molar-refractivity contribution in [2.24, 2.45) is 0 Å². The molecule has 6 heteroatoms. The van der Waals surface area contributed by atoms with E-state index in [1.54, 1.807) is 11.8 Å². The molecular formula is C19H22ClN3OS. The van der Waals surface area contributed by atoms with Gasteiger partial charge in [-0.1, -0.05) is 29.8 Å². The third-order valence-electron chi connectivity index (χ3n) is 4.28. The number of hydrogen-bond donors (Lipinski definition) is 1. The SMILES string of the molecule is CSc1cccc(NC(=O)N2CCN(Cc3cccc(Cl)c3)CC2)c1. The van der Waals surface area contributed by atoms with Gasteiger partial charge in [0, 0.05) is 48.3 Å². The summed E-state index contributed by atoms with van der Waals surface area (Å²) in [6.07, 6.45) is 2.03. The van der Waals surface area contributed by atoms with E-state index in [1.165, 1.54) is 5.56 Å². The summed E-state index contributed by atoms with van der Waals surface area (Å²) in [5, 5.41) is 3.76. The van der Waals surface area contributed by atoms with Crippen molar-refractivity contribution in [1.29, 1.82) is 0 Å². The Morgan fingerprint density at radius 3 is 2.60 bits per heavy atom. The molecule has 0 atom stereocenters. The zero-order valence-corrected chi connectivity index (χ0v) is 15.8. The molecule has 1 N–H and O–H groups in total. The number of nitrogens with one attached hydrogen (secondary N) is 1. The van der Waals surface area contributed by atoms with Crippen LogP contribution in [0.3, 0.4) is 0 Å². The van der Waals surface area contributed by atoms with E-state index in [0.29, 0.717) is 0 Å². The summed E-state index contributed by atoms with van der Waals surface area (Å²) in [5.41, 5.74) is 2.05. The predicted molar refractivity (Wildman–Crippen MR) is 106 cm³/mol. The Kier molecular flexibility index (Phi) is 6.24. The van der Waals surface area contributed by atoms with Crippen LogP contribution in [0.2, 0.25) is 5.02 Å². The molecule has 0 aromatic heterocycles. The van der Waals surface area contributed by atoms with Crippen LogP contribution in [0.1, 0.15) is 5.56 Å². The Hall–Kier alpha value is -1.69. The lowest BCUT2D eigenvalue weighted by Gasteiger charge is -2.34. The number of carbonyl (C=O) groups excluding carboxylic acids is 1. The minimum atomic E-state index is -0.0272. The number of carbonyl (C=O) groups is 1. The molecule has 0 saturated carbocycles. The first kappa shape index (κ1) is 18.1. The summed E-state index contributed by atoms with van der Waals surface area (Å²) < 4.78 is 0. The largest absolute Gasteiger partial charge is 0.322 e. The maximum absolute atomic E-state index is 12.4. The van der Waals surface area contributed by atoms with E-state index in [0.717, 1.165) is 48.3 Å². The van der Waals surface area contributed by atoms with Gasteiger partial charge in [0.2, 0.25) is 0 Å². The molecule has 3 rings (SSSR count). The highest BCUT2D eigenvalue weighted by Gasteiger charge is 2.21. The van der Waals surface area contributed by atoms with E-state index in [1.807, 2.05) is 53.6 Å². The van der Waals surface area contributed by atoms with Crippen molar-refractivity contribution in [3.63, 3.8) is 0 Å². The van der Waals surface area contributed by atoms with Crippen molar-refractivity contribution in [2.45, 2.75) is 11.4 Å². The molecule has 0 radical (unpaired) electrons. The minimum Gasteiger partial charge on any atom is -0.322 e. The van der Waals surface area contributed by atoms with Crippen molar-refractivity contribution in [1.82, 2.24) is 9.80 Å². The summed E-state index contributed by atoms with van der Waals surface area (Å²) in [7, 11) is 0. The molecule has 25 heavy (non-hydrogen) atoms. The molecule has 0 aliphatic carbocycles. The molecule has 1 saturated heterocycles. The van der Waals surface area contributed by atoms with E-state index in [-0.39, 0.29) is 6.03 Å². The zero-order valence-electron chi connectivity index (χ0n) is 14.2. The van der Waals surface area contributed by atoms with E-state index in [4.69, 9.17) is 11.6 Å². The first-order valence-electron chi connectivity index (χ1n) is 8.31. The van der Waals surface area contributed by atoms with Gasteiger partial charge < -0.3 is 10.2 Å². The van der Waals surface area contributed by atoms with Crippen molar-refractivity contribution < 1.29 is 4.79 Å². The molecule has 1 aliphatic rings. The quantitative estimate of drug-likeness (QED) is 0.804. The van der Waals surface area contributed by atoms with Gasteiger partial charge in [-0.15, -0.1) is 11.8 Å². The van der Waals surface area contributed by atoms with Crippen LogP contribution in [0.25, 0.3) is 0 Å². The molecule has 0 spiro atoms. The average molecular weight is 376 g/mol. The Morgan fingerprint density at radius 1 is 1.12 bits per heavy atom. The van der Waals surface area contributed by atoms with Gasteiger partial charge >= 0.3 is 6.03 Å². The predicted octanol–water partition coefficient (Wildman–Crippen LogP) is 4.41. The summed E-state index contributed by atoms with van der Waals surface area (Å²) in [4.78, 5) is 17.8. The molecular weight excluding hydrogens is 354 g/mol. The van der Waals surface area contributed by atoms with Crippen molar-refractivity contribution >= 4 is 35.1 Å². The topological polar surface area (TPSA) is 35.6 Å². The fourth-order valence-electron chi connectivity index (χ4n) is 2.91. The standard InChI is InChI=1S/C19H22ClN3OS/c1-25-18-7-3-6-17(13-18)21-19(24)23-10-8-22(9-11-23)14-15-4-2-5-16(20)12-15/h2-7,12-13H,8-11,14H2,1H3,(H,21,24). The molecule has 4 nitrogen and oxygen atoms in total. The number of piperazine rings is 1. The average Bonchev–Trinajstić information content (AvgIpc) is 2.62. The lowest BCUT2D eigenvalue weighted by Crippen LogP contribution is -2.49. The molecule has 0 unspecified atom stereocenters. The second-order valence-electron chi connectivity index (χ2n) is 6.06. The Balaban J connectivity index is 1.50. The number of urea groups is 1. The van der Waals surface area contributed by atoms with Crippen molar-refractivity contribution in [3.05, 3.63) is 59.1 Å². The monoisotopic (exact) mass is 375 g/mol. The first-order valence-corrected chi connectivity index (χ1v) is 9.91. The summed E-state index contributed by atoms with van der Waals surface area (Å²) in [6.45, 7) is 4.06. The van der Waals surface area contributed by atoms with Gasteiger partial charge in [-0.25, -0.2) is 4.79 Å². The number of hydrogen-bond acceptors (Lipinski definition) is 3. The summed E-state index contributed by atoms with van der Waals surface area (Å²) in [5.74, 6) is 0. The van der Waals surface area contributed by atoms with Gasteiger partial charge in [0.15, 0.2) is 0 Å². The Labute approximate surface area is 158 Å². The lowest BCUT2D eigenvalue weighted by molar-refractivity contribution is 0.143. The minimum absolute atomic E-state index is 0.0272. The maximum atomic E-state index is 12.4. The van der Waals surface area contributed by atoms with Crippen LogP contribution in [0.4, 0.5) is 10.5 Å². The Morgan fingerprint density at radius 2 is 1.88 bits per heavy atom. The van der Waals surface area contributed by atoms with Crippen LogP contribution >= 0.6 is 23.4 Å². The smallest absolute Gasteiger partial charge is 0.321 e. The van der Waals surface area contributed by atoms with Gasteiger partial charge in [-0.05, 0) is 42.2 Å². The van der Waals surface area contributed by atoms with Crippen molar-refractivity contribution in [2.75, 3.05) is 37.8 Å². The van der Waals surface area contributed by atoms with E-state index in [2.05, 4.69) is 16.3 Å². The molecule has 1 aliphatic heterocycles. The molecule has 2 aromatic rings.